The molecule has 0 unspecified atom stereocenters. The van der Waals surface area contributed by atoms with E-state index in [9.17, 15) is 13.2 Å². The molecule has 2 fully saturated rings. The summed E-state index contributed by atoms with van der Waals surface area (Å²) >= 11 is 1.40. The summed E-state index contributed by atoms with van der Waals surface area (Å²) < 4.78 is 24.3. The third kappa shape index (κ3) is 3.53. The fraction of sp³-hybridized carbons (Fsp3) is 0.300. The molecule has 2 atom stereocenters. The summed E-state index contributed by atoms with van der Waals surface area (Å²) in [6, 6.07) is 14.8. The molecule has 2 heterocycles. The van der Waals surface area contributed by atoms with Crippen LogP contribution in [0.5, 0.6) is 0 Å². The van der Waals surface area contributed by atoms with Crippen LogP contribution in [0.4, 0.5) is 5.69 Å². The molecule has 140 valence electrons. The first-order valence-corrected chi connectivity index (χ1v) is 11.5. The minimum atomic E-state index is -3.07. The topological polar surface area (TPSA) is 66.8 Å². The van der Waals surface area contributed by atoms with Crippen molar-refractivity contribution in [3.05, 3.63) is 65.2 Å². The molecular weight excluding hydrogens is 380 g/mol. The summed E-state index contributed by atoms with van der Waals surface area (Å²) in [6.07, 6.45) is 0. The Morgan fingerprint density at radius 1 is 1.07 bits per heavy atom. The van der Waals surface area contributed by atoms with Crippen molar-refractivity contribution in [1.29, 1.82) is 0 Å². The zero-order valence-corrected chi connectivity index (χ0v) is 16.8. The molecule has 2 saturated heterocycles. The van der Waals surface area contributed by atoms with Crippen LogP contribution in [0.15, 0.2) is 53.5 Å². The third-order valence-electron chi connectivity index (χ3n) is 5.05. The lowest BCUT2D eigenvalue weighted by atomic mass is 10.1. The van der Waals surface area contributed by atoms with Crippen molar-refractivity contribution in [1.82, 2.24) is 0 Å². The Kier molecular flexibility index (Phi) is 4.60. The van der Waals surface area contributed by atoms with Gasteiger partial charge in [0.05, 0.1) is 17.5 Å². The molecule has 2 aromatic carbocycles. The van der Waals surface area contributed by atoms with E-state index in [1.54, 1.807) is 24.3 Å². The largest absolute Gasteiger partial charge is 0.316 e. The van der Waals surface area contributed by atoms with Gasteiger partial charge in [-0.15, -0.1) is 0 Å². The molecule has 0 N–H and O–H groups in total. The molecule has 0 bridgehead atoms. The van der Waals surface area contributed by atoms with Crippen LogP contribution in [0.3, 0.4) is 0 Å². The van der Waals surface area contributed by atoms with Gasteiger partial charge in [0.2, 0.25) is 0 Å². The monoisotopic (exact) mass is 400 g/mol. The van der Waals surface area contributed by atoms with Gasteiger partial charge in [-0.25, -0.2) is 8.42 Å². The van der Waals surface area contributed by atoms with Crippen molar-refractivity contribution >= 4 is 38.4 Å². The standard InChI is InChI=1S/C20H20N2O3S2/c1-13-8-9-16(10-14(13)2)22-17-11-27(24,25)12-18(17)26-20(22)21-19(23)15-6-4-3-5-7-15/h3-10,17-18H,11-12H2,1-2H3/t17-,18+/m0/s1. The molecule has 4 rings (SSSR count). The number of nitrogens with zero attached hydrogens (tertiary/aromatic N) is 2. The second kappa shape index (κ2) is 6.80. The third-order valence-corrected chi connectivity index (χ3v) is 8.26. The van der Waals surface area contributed by atoms with E-state index in [0.717, 1.165) is 11.3 Å². The highest BCUT2D eigenvalue weighted by Crippen LogP contribution is 2.41. The Bertz CT molecular complexity index is 1030. The number of fused-ring (bicyclic) bond motifs is 1. The zero-order chi connectivity index (χ0) is 19.2. The summed E-state index contributed by atoms with van der Waals surface area (Å²) in [7, 11) is -3.07. The van der Waals surface area contributed by atoms with Gasteiger partial charge in [-0.05, 0) is 49.2 Å². The molecule has 0 aliphatic carbocycles. The Hall–Kier alpha value is -2.12. The highest BCUT2D eigenvalue weighted by molar-refractivity contribution is 8.16. The van der Waals surface area contributed by atoms with Crippen LogP contribution in [0.2, 0.25) is 0 Å². The van der Waals surface area contributed by atoms with Crippen LogP contribution in [0.25, 0.3) is 0 Å². The lowest BCUT2D eigenvalue weighted by Gasteiger charge is -2.25. The molecule has 2 aliphatic heterocycles. The molecule has 7 heteroatoms. The maximum Gasteiger partial charge on any atom is 0.279 e. The van der Waals surface area contributed by atoms with E-state index < -0.39 is 9.84 Å². The number of sulfone groups is 1. The average Bonchev–Trinajstić information content (AvgIpc) is 3.09. The van der Waals surface area contributed by atoms with Gasteiger partial charge >= 0.3 is 0 Å². The number of hydrogen-bond donors (Lipinski definition) is 0. The van der Waals surface area contributed by atoms with E-state index in [0.29, 0.717) is 10.7 Å². The Morgan fingerprint density at radius 2 is 1.81 bits per heavy atom. The number of aryl methyl sites for hydroxylation is 2. The molecule has 1 amide bonds. The summed E-state index contributed by atoms with van der Waals surface area (Å²) in [5, 5.41) is 0.482. The molecule has 0 saturated carbocycles. The number of anilines is 1. The second-order valence-corrected chi connectivity index (χ2v) is 10.4. The molecule has 27 heavy (non-hydrogen) atoms. The fourth-order valence-electron chi connectivity index (χ4n) is 3.47. The summed E-state index contributed by atoms with van der Waals surface area (Å²) in [5.41, 5.74) is 3.70. The van der Waals surface area contributed by atoms with E-state index >= 15 is 0 Å². The highest BCUT2D eigenvalue weighted by Gasteiger charge is 2.49. The molecule has 2 aliphatic rings. The quantitative estimate of drug-likeness (QED) is 0.774. The van der Waals surface area contributed by atoms with Crippen LogP contribution in [-0.4, -0.2) is 42.3 Å². The predicted molar refractivity (Wildman–Crippen MR) is 110 cm³/mol. The summed E-state index contributed by atoms with van der Waals surface area (Å²) in [6.45, 7) is 4.06. The normalized spacial score (nSPS) is 25.0. The lowest BCUT2D eigenvalue weighted by Crippen LogP contribution is -2.37. The van der Waals surface area contributed by atoms with Gasteiger partial charge in [-0.2, -0.15) is 4.99 Å². The Morgan fingerprint density at radius 3 is 2.52 bits per heavy atom. The molecule has 2 aromatic rings. The van der Waals surface area contributed by atoms with Gasteiger partial charge in [0, 0.05) is 16.5 Å². The van der Waals surface area contributed by atoms with Crippen LogP contribution in [0.1, 0.15) is 21.5 Å². The second-order valence-electron chi connectivity index (χ2n) is 7.00. The van der Waals surface area contributed by atoms with Gasteiger partial charge < -0.3 is 4.90 Å². The highest BCUT2D eigenvalue weighted by atomic mass is 32.2. The molecular formula is C20H20N2O3S2. The van der Waals surface area contributed by atoms with Crippen molar-refractivity contribution in [2.75, 3.05) is 16.4 Å². The van der Waals surface area contributed by atoms with Gasteiger partial charge in [0.1, 0.15) is 0 Å². The number of carbonyl (C=O) groups excluding carboxylic acids is 1. The Balaban J connectivity index is 1.75. The van der Waals surface area contributed by atoms with E-state index in [4.69, 9.17) is 0 Å². The summed E-state index contributed by atoms with van der Waals surface area (Å²) in [4.78, 5) is 18.9. The predicted octanol–water partition coefficient (Wildman–Crippen LogP) is 3.22. The number of carbonyl (C=O) groups is 1. The Labute approximate surface area is 163 Å². The number of rotatable bonds is 2. The van der Waals surface area contributed by atoms with Crippen LogP contribution in [-0.2, 0) is 9.84 Å². The van der Waals surface area contributed by atoms with Crippen molar-refractivity contribution in [3.8, 4) is 0 Å². The van der Waals surface area contributed by atoms with Gasteiger partial charge in [0.25, 0.3) is 5.91 Å². The van der Waals surface area contributed by atoms with E-state index in [-0.39, 0.29) is 28.7 Å². The maximum absolute atomic E-state index is 12.6. The number of amides is 1. The van der Waals surface area contributed by atoms with E-state index in [2.05, 4.69) is 4.99 Å². The van der Waals surface area contributed by atoms with Crippen molar-refractivity contribution in [2.24, 2.45) is 4.99 Å². The SMILES string of the molecule is Cc1ccc(N2C(=NC(=O)c3ccccc3)S[C@@H]3CS(=O)(=O)C[C@@H]32)cc1C. The first-order valence-electron chi connectivity index (χ1n) is 8.76. The lowest BCUT2D eigenvalue weighted by molar-refractivity contribution is 0.100. The maximum atomic E-state index is 12.6. The van der Waals surface area contributed by atoms with Crippen molar-refractivity contribution in [2.45, 2.75) is 25.1 Å². The number of benzene rings is 2. The van der Waals surface area contributed by atoms with Crippen molar-refractivity contribution in [3.63, 3.8) is 0 Å². The van der Waals surface area contributed by atoms with E-state index in [1.165, 1.54) is 17.3 Å². The minimum absolute atomic E-state index is 0.0934. The van der Waals surface area contributed by atoms with Crippen molar-refractivity contribution < 1.29 is 13.2 Å². The van der Waals surface area contributed by atoms with Gasteiger partial charge in [-0.1, -0.05) is 36.0 Å². The van der Waals surface area contributed by atoms with Crippen LogP contribution < -0.4 is 4.90 Å². The van der Waals surface area contributed by atoms with Gasteiger partial charge in [-0.3, -0.25) is 4.79 Å². The first-order chi connectivity index (χ1) is 12.8. The number of aliphatic imine (C=N–C) groups is 1. The smallest absolute Gasteiger partial charge is 0.279 e. The molecule has 0 radical (unpaired) electrons. The van der Waals surface area contributed by atoms with E-state index in [1.807, 2.05) is 43.0 Å². The molecule has 5 nitrogen and oxygen atoms in total. The number of hydrogen-bond acceptors (Lipinski definition) is 4. The van der Waals surface area contributed by atoms with Crippen LogP contribution >= 0.6 is 11.8 Å². The zero-order valence-electron chi connectivity index (χ0n) is 15.1. The van der Waals surface area contributed by atoms with Gasteiger partial charge in [0.15, 0.2) is 15.0 Å². The first kappa shape index (κ1) is 18.3. The average molecular weight is 401 g/mol. The summed E-state index contributed by atoms with van der Waals surface area (Å²) in [5.74, 6) is -0.0898. The number of amidine groups is 1. The fourth-order valence-corrected chi connectivity index (χ4v) is 7.39. The minimum Gasteiger partial charge on any atom is -0.316 e. The molecule has 0 spiro atoms. The number of thioether (sulfide) groups is 1. The van der Waals surface area contributed by atoms with Crippen LogP contribution in [0, 0.1) is 13.8 Å². The molecule has 0 aromatic heterocycles.